The van der Waals surface area contributed by atoms with Gasteiger partial charge in [0.2, 0.25) is 5.91 Å². The van der Waals surface area contributed by atoms with Crippen molar-refractivity contribution in [2.75, 3.05) is 40.9 Å². The van der Waals surface area contributed by atoms with Crippen molar-refractivity contribution in [2.24, 2.45) is 0 Å². The summed E-state index contributed by atoms with van der Waals surface area (Å²) < 4.78 is 23.9. The molecule has 8 nitrogen and oxygen atoms in total. The zero-order valence-electron chi connectivity index (χ0n) is 50.6. The number of hydrogen-bond acceptors (Lipinski definition) is 5. The van der Waals surface area contributed by atoms with Gasteiger partial charge in [-0.3, -0.25) is 13.8 Å². The molecule has 0 aromatic carbocycles. The number of nitrogens with one attached hydrogen (secondary N) is 1. The first kappa shape index (κ1) is 73.5. The second-order valence-electron chi connectivity index (χ2n) is 23.5. The van der Waals surface area contributed by atoms with Gasteiger partial charge < -0.3 is 19.8 Å². The largest absolute Gasteiger partial charge is 0.472 e. The number of nitrogens with zero attached hydrogens (tertiary/aromatic N) is 1. The summed E-state index contributed by atoms with van der Waals surface area (Å²) in [6, 6.07) is -0.763. The average molecular weight is 1080 g/mol. The minimum atomic E-state index is -4.33. The normalized spacial score (nSPS) is 14.1. The van der Waals surface area contributed by atoms with Crippen LogP contribution >= 0.6 is 7.82 Å². The average Bonchev–Trinajstić information content (AvgIpc) is 3.37. The lowest BCUT2D eigenvalue weighted by atomic mass is 10.0. The van der Waals surface area contributed by atoms with E-state index in [-0.39, 0.29) is 19.1 Å². The summed E-state index contributed by atoms with van der Waals surface area (Å²) in [4.78, 5) is 23.4. The number of phosphoric acid groups is 1. The summed E-state index contributed by atoms with van der Waals surface area (Å²) in [6.45, 7) is 4.82. The third kappa shape index (κ3) is 60.0. The van der Waals surface area contributed by atoms with Crippen molar-refractivity contribution in [3.8, 4) is 0 Å². The van der Waals surface area contributed by atoms with Gasteiger partial charge in [-0.2, -0.15) is 0 Å². The van der Waals surface area contributed by atoms with Crippen molar-refractivity contribution in [1.29, 1.82) is 0 Å². The van der Waals surface area contributed by atoms with Gasteiger partial charge in [0.1, 0.15) is 13.2 Å². The molecule has 3 N–H and O–H groups in total. The van der Waals surface area contributed by atoms with Gasteiger partial charge in [0.05, 0.1) is 39.9 Å². The Balaban J connectivity index is 4.08. The first-order chi connectivity index (χ1) is 36.5. The molecule has 0 saturated carbocycles. The Kier molecular flexibility index (Phi) is 56.0. The van der Waals surface area contributed by atoms with Gasteiger partial charge in [0.15, 0.2) is 0 Å². The zero-order chi connectivity index (χ0) is 54.9. The number of carbonyl (C=O) groups excluding carboxylic acids is 1. The number of carbonyl (C=O) groups is 1. The van der Waals surface area contributed by atoms with Crippen LogP contribution in [0.3, 0.4) is 0 Å². The van der Waals surface area contributed by atoms with Crippen LogP contribution in [0.25, 0.3) is 0 Å². The molecular weight excluding hydrogens is 948 g/mol. The summed E-state index contributed by atoms with van der Waals surface area (Å²) in [5.41, 5.74) is 0. The van der Waals surface area contributed by atoms with Crippen LogP contribution in [0.2, 0.25) is 0 Å². The van der Waals surface area contributed by atoms with Crippen molar-refractivity contribution in [3.05, 3.63) is 48.6 Å². The van der Waals surface area contributed by atoms with Crippen molar-refractivity contribution >= 4 is 13.7 Å². The van der Waals surface area contributed by atoms with Crippen LogP contribution in [0.5, 0.6) is 0 Å². The summed E-state index contributed by atoms with van der Waals surface area (Å²) in [5.74, 6) is -0.141. The van der Waals surface area contributed by atoms with Crippen molar-refractivity contribution in [3.63, 3.8) is 0 Å². The van der Waals surface area contributed by atoms with Crippen LogP contribution in [0.1, 0.15) is 316 Å². The van der Waals surface area contributed by atoms with E-state index >= 15 is 0 Å². The highest BCUT2D eigenvalue weighted by molar-refractivity contribution is 7.47. The number of allylic oxidation sites excluding steroid dienone is 8. The number of hydrogen-bond donors (Lipinski definition) is 3. The van der Waals surface area contributed by atoms with Gasteiger partial charge in [0.25, 0.3) is 0 Å². The van der Waals surface area contributed by atoms with E-state index in [1.165, 1.54) is 225 Å². The Hall–Kier alpha value is -1.54. The number of aliphatic hydroxyl groups is 1. The third-order valence-electron chi connectivity index (χ3n) is 14.8. The Bertz CT molecular complexity index is 1360. The summed E-state index contributed by atoms with van der Waals surface area (Å²) >= 11 is 0. The van der Waals surface area contributed by atoms with E-state index in [0.29, 0.717) is 23.9 Å². The molecule has 0 aliphatic heterocycles. The van der Waals surface area contributed by atoms with Gasteiger partial charge in [0, 0.05) is 6.42 Å². The molecule has 0 bridgehead atoms. The van der Waals surface area contributed by atoms with E-state index in [1.54, 1.807) is 0 Å². The maximum Gasteiger partial charge on any atom is 0.472 e. The van der Waals surface area contributed by atoms with E-state index < -0.39 is 20.0 Å². The molecule has 1 amide bonds. The van der Waals surface area contributed by atoms with E-state index in [4.69, 9.17) is 9.05 Å². The molecule has 0 aliphatic rings. The highest BCUT2D eigenvalue weighted by Crippen LogP contribution is 2.43. The number of rotatable bonds is 60. The Labute approximate surface area is 467 Å². The van der Waals surface area contributed by atoms with Gasteiger partial charge in [-0.1, -0.05) is 306 Å². The van der Waals surface area contributed by atoms with Crippen LogP contribution in [0.4, 0.5) is 0 Å². The molecule has 3 atom stereocenters. The molecule has 3 unspecified atom stereocenters. The van der Waals surface area contributed by atoms with Crippen molar-refractivity contribution in [1.82, 2.24) is 5.32 Å². The van der Waals surface area contributed by atoms with Crippen molar-refractivity contribution in [2.45, 2.75) is 328 Å². The first-order valence-electron chi connectivity index (χ1n) is 32.5. The third-order valence-corrected chi connectivity index (χ3v) is 15.8. The Morgan fingerprint density at radius 2 is 0.800 bits per heavy atom. The molecule has 0 fully saturated rings. The van der Waals surface area contributed by atoms with E-state index in [2.05, 4.69) is 67.8 Å². The maximum absolute atomic E-state index is 13.1. The van der Waals surface area contributed by atoms with Crippen LogP contribution in [0, 0.1) is 0 Å². The second kappa shape index (κ2) is 57.2. The van der Waals surface area contributed by atoms with E-state index in [0.717, 1.165) is 64.2 Å². The number of likely N-dealkylation sites (N-methyl/N-ethyl adjacent to an activating group) is 1. The lowest BCUT2D eigenvalue weighted by molar-refractivity contribution is -0.870. The Morgan fingerprint density at radius 3 is 1.17 bits per heavy atom. The molecule has 0 aliphatic carbocycles. The smallest absolute Gasteiger partial charge is 0.391 e. The van der Waals surface area contributed by atoms with Crippen LogP contribution in [-0.2, 0) is 18.4 Å². The lowest BCUT2D eigenvalue weighted by Gasteiger charge is -2.26. The second-order valence-corrected chi connectivity index (χ2v) is 24.9. The van der Waals surface area contributed by atoms with Crippen LogP contribution in [-0.4, -0.2) is 73.4 Å². The number of quaternary nitrogens is 1. The van der Waals surface area contributed by atoms with Crippen LogP contribution < -0.4 is 5.32 Å². The Morgan fingerprint density at radius 1 is 0.467 bits per heavy atom. The molecule has 0 heterocycles. The standard InChI is InChI=1S/C66H127N2O6P/c1-6-8-10-12-14-16-18-20-22-24-26-28-30-32-34-36-38-40-42-44-46-48-50-52-54-56-58-60-66(70)67-64(63-74-75(71,72)73-62-61-68(3,4)5)65(69)59-57-55-53-51-49-47-45-43-41-39-37-35-33-31-29-27-25-23-21-19-17-15-13-11-9-7-2/h8,10,14,16,20,22,26,28,64-65,69H,6-7,9,11-13,15,17-19,21,23-25,27,29-63H2,1-5H3,(H-,67,70,71,72)/p+1/b10-8-,16-14-,22-20-,28-26-. The molecule has 0 spiro atoms. The zero-order valence-corrected chi connectivity index (χ0v) is 51.4. The molecule has 0 radical (unpaired) electrons. The fraction of sp³-hybridized carbons (Fsp3) is 0.864. The van der Waals surface area contributed by atoms with Gasteiger partial charge in [-0.05, 0) is 51.4 Å². The highest BCUT2D eigenvalue weighted by Gasteiger charge is 2.28. The number of unbranched alkanes of at least 4 members (excludes halogenated alkanes) is 39. The number of phosphoric ester groups is 1. The predicted octanol–water partition coefficient (Wildman–Crippen LogP) is 20.3. The molecule has 0 saturated heterocycles. The minimum Gasteiger partial charge on any atom is -0.391 e. The predicted molar refractivity (Wildman–Crippen MR) is 327 cm³/mol. The molecule has 442 valence electrons. The molecule has 0 rings (SSSR count). The lowest BCUT2D eigenvalue weighted by Crippen LogP contribution is -2.46. The van der Waals surface area contributed by atoms with Crippen LogP contribution in [0.15, 0.2) is 48.6 Å². The molecular formula is C66H128N2O6P+. The summed E-state index contributed by atoms with van der Waals surface area (Å²) in [5, 5.41) is 14.1. The monoisotopic (exact) mass is 1080 g/mol. The van der Waals surface area contributed by atoms with E-state index in [9.17, 15) is 19.4 Å². The van der Waals surface area contributed by atoms with E-state index in [1.807, 2.05) is 21.1 Å². The fourth-order valence-electron chi connectivity index (χ4n) is 9.81. The minimum absolute atomic E-state index is 0.0748. The SMILES string of the molecule is CC/C=C\C/C=C\C/C=C\C/C=C\CCCCCCCCCCCCCCCCC(=O)NC(COP(=O)(O)OCC[N+](C)(C)C)C(O)CCCCCCCCCCCCCCCCCCCCCCCCCCCC. The molecule has 9 heteroatoms. The molecule has 0 aromatic heterocycles. The summed E-state index contributed by atoms with van der Waals surface area (Å²) in [7, 11) is 1.63. The number of aliphatic hydroxyl groups excluding tert-OH is 1. The molecule has 75 heavy (non-hydrogen) atoms. The quantitative estimate of drug-likeness (QED) is 0.0243. The number of amides is 1. The van der Waals surface area contributed by atoms with Gasteiger partial charge in [-0.15, -0.1) is 0 Å². The maximum atomic E-state index is 13.1. The fourth-order valence-corrected chi connectivity index (χ4v) is 10.5. The molecule has 0 aromatic rings. The van der Waals surface area contributed by atoms with Gasteiger partial charge in [-0.25, -0.2) is 4.57 Å². The van der Waals surface area contributed by atoms with Crippen molar-refractivity contribution < 1.29 is 32.9 Å². The summed E-state index contributed by atoms with van der Waals surface area (Å²) in [6.07, 6.45) is 76.2. The van der Waals surface area contributed by atoms with Gasteiger partial charge >= 0.3 is 7.82 Å². The highest BCUT2D eigenvalue weighted by atomic mass is 31.2. The first-order valence-corrected chi connectivity index (χ1v) is 34.0. The topological polar surface area (TPSA) is 105 Å².